The van der Waals surface area contributed by atoms with E-state index in [4.69, 9.17) is 11.1 Å². The van der Waals surface area contributed by atoms with Crippen LogP contribution in [0.25, 0.3) is 0 Å². The Labute approximate surface area is 106 Å². The van der Waals surface area contributed by atoms with Gasteiger partial charge in [0.1, 0.15) is 0 Å². The third-order valence-corrected chi connectivity index (χ3v) is 3.01. The monoisotopic (exact) mass is 244 g/mol. The highest BCUT2D eigenvalue weighted by Gasteiger charge is 2.32. The Hall–Kier alpha value is -2.06. The minimum atomic E-state index is -0.00341. The average Bonchev–Trinajstić information content (AvgIpc) is 3.24. The lowest BCUT2D eigenvalue weighted by molar-refractivity contribution is 0.0747. The van der Waals surface area contributed by atoms with Crippen LogP contribution in [0.3, 0.4) is 0 Å². The first-order chi connectivity index (χ1) is 8.76. The number of nitrogens with two attached hydrogens (primary N) is 1. The van der Waals surface area contributed by atoms with Crippen molar-refractivity contribution >= 4 is 11.6 Å². The second kappa shape index (κ2) is 5.52. The predicted molar refractivity (Wildman–Crippen MR) is 68.5 cm³/mol. The van der Waals surface area contributed by atoms with E-state index in [0.29, 0.717) is 24.6 Å². The highest BCUT2D eigenvalue weighted by Crippen LogP contribution is 2.28. The van der Waals surface area contributed by atoms with Crippen LogP contribution in [0.1, 0.15) is 29.6 Å². The number of nitrogen functional groups attached to an aromatic ring is 1. The molecule has 5 nitrogen and oxygen atoms in total. The van der Waals surface area contributed by atoms with Crippen molar-refractivity contribution in [1.82, 2.24) is 4.90 Å². The molecule has 1 aromatic carbocycles. The fourth-order valence-electron chi connectivity index (χ4n) is 1.88. The number of carbonyl (C=O) groups is 1. The van der Waals surface area contributed by atoms with E-state index in [1.54, 1.807) is 29.2 Å². The average molecular weight is 244 g/mol. The summed E-state index contributed by atoms with van der Waals surface area (Å²) in [6.07, 6.45) is 2.46. The fourth-order valence-corrected chi connectivity index (χ4v) is 1.88. The quantitative estimate of drug-likeness (QED) is 0.607. The lowest BCUT2D eigenvalue weighted by Gasteiger charge is -2.21. The van der Waals surface area contributed by atoms with E-state index in [2.05, 4.69) is 11.5 Å². The van der Waals surface area contributed by atoms with Gasteiger partial charge >= 0.3 is 0 Å². The molecule has 1 fully saturated rings. The van der Waals surface area contributed by atoms with Crippen LogP contribution in [0.2, 0.25) is 0 Å². The molecule has 0 spiro atoms. The lowest BCUT2D eigenvalue weighted by atomic mass is 10.1. The highest BCUT2D eigenvalue weighted by molar-refractivity contribution is 5.95. The second-order valence-corrected chi connectivity index (χ2v) is 4.36. The van der Waals surface area contributed by atoms with Crippen LogP contribution < -0.4 is 11.3 Å². The standard InChI is InChI=1S/C13H16N4O/c14-8-1-9-17(12-6-7-12)13(18)10-2-4-11(16-15)5-3-10/h2-5,12,16H,1,6-7,9,15H2. The first kappa shape index (κ1) is 12.4. The Morgan fingerprint density at radius 3 is 2.61 bits per heavy atom. The molecule has 0 radical (unpaired) electrons. The summed E-state index contributed by atoms with van der Waals surface area (Å²) in [6.45, 7) is 0.511. The molecule has 0 atom stereocenters. The molecule has 5 heteroatoms. The molecule has 0 unspecified atom stereocenters. The lowest BCUT2D eigenvalue weighted by Crippen LogP contribution is -2.33. The number of amides is 1. The zero-order chi connectivity index (χ0) is 13.0. The summed E-state index contributed by atoms with van der Waals surface area (Å²) >= 11 is 0. The van der Waals surface area contributed by atoms with Gasteiger partial charge < -0.3 is 10.3 Å². The summed E-state index contributed by atoms with van der Waals surface area (Å²) in [5, 5.41) is 8.63. The van der Waals surface area contributed by atoms with Crippen molar-refractivity contribution in [3.63, 3.8) is 0 Å². The van der Waals surface area contributed by atoms with Crippen molar-refractivity contribution in [3.8, 4) is 6.07 Å². The maximum Gasteiger partial charge on any atom is 0.254 e. The van der Waals surface area contributed by atoms with Gasteiger partial charge in [-0.1, -0.05) is 0 Å². The number of anilines is 1. The molecule has 1 aromatic rings. The number of hydrogen-bond donors (Lipinski definition) is 2. The van der Waals surface area contributed by atoms with E-state index in [0.717, 1.165) is 18.5 Å². The number of carbonyl (C=O) groups excluding carboxylic acids is 1. The summed E-state index contributed by atoms with van der Waals surface area (Å²) in [4.78, 5) is 14.1. The molecular weight excluding hydrogens is 228 g/mol. The van der Waals surface area contributed by atoms with Crippen LogP contribution in [0.15, 0.2) is 24.3 Å². The predicted octanol–water partition coefficient (Wildman–Crippen LogP) is 1.49. The topological polar surface area (TPSA) is 82.2 Å². The molecule has 18 heavy (non-hydrogen) atoms. The molecule has 0 saturated heterocycles. The largest absolute Gasteiger partial charge is 0.335 e. The Balaban J connectivity index is 2.09. The van der Waals surface area contributed by atoms with Gasteiger partial charge in [-0.05, 0) is 37.1 Å². The number of hydrogen-bond acceptors (Lipinski definition) is 4. The van der Waals surface area contributed by atoms with E-state index in [1.165, 1.54) is 0 Å². The molecule has 0 aromatic heterocycles. The molecule has 1 aliphatic rings. The summed E-state index contributed by atoms with van der Waals surface area (Å²) in [7, 11) is 0. The van der Waals surface area contributed by atoms with E-state index in [-0.39, 0.29) is 5.91 Å². The van der Waals surface area contributed by atoms with Gasteiger partial charge in [0.15, 0.2) is 0 Å². The molecule has 94 valence electrons. The van der Waals surface area contributed by atoms with Crippen molar-refractivity contribution in [1.29, 1.82) is 5.26 Å². The zero-order valence-corrected chi connectivity index (χ0v) is 10.1. The van der Waals surface area contributed by atoms with Crippen molar-refractivity contribution in [2.45, 2.75) is 25.3 Å². The van der Waals surface area contributed by atoms with Gasteiger partial charge in [-0.3, -0.25) is 10.6 Å². The molecule has 1 saturated carbocycles. The molecule has 1 aliphatic carbocycles. The van der Waals surface area contributed by atoms with Crippen LogP contribution in [-0.2, 0) is 0 Å². The van der Waals surface area contributed by atoms with Gasteiger partial charge in [-0.15, -0.1) is 0 Å². The van der Waals surface area contributed by atoms with E-state index in [1.807, 2.05) is 0 Å². The SMILES string of the molecule is N#CCCN(C(=O)c1ccc(NN)cc1)C1CC1. The van der Waals surface area contributed by atoms with Gasteiger partial charge in [0, 0.05) is 23.8 Å². The fraction of sp³-hybridized carbons (Fsp3) is 0.385. The Morgan fingerprint density at radius 2 is 2.11 bits per heavy atom. The number of benzene rings is 1. The summed E-state index contributed by atoms with van der Waals surface area (Å²) in [5.41, 5.74) is 3.93. The third-order valence-electron chi connectivity index (χ3n) is 3.01. The number of rotatable bonds is 5. The molecule has 0 aliphatic heterocycles. The smallest absolute Gasteiger partial charge is 0.254 e. The normalized spacial score (nSPS) is 13.8. The van der Waals surface area contributed by atoms with Gasteiger partial charge in [0.05, 0.1) is 12.5 Å². The maximum atomic E-state index is 12.3. The van der Waals surface area contributed by atoms with Crippen molar-refractivity contribution in [2.75, 3.05) is 12.0 Å². The maximum absolute atomic E-state index is 12.3. The highest BCUT2D eigenvalue weighted by atomic mass is 16.2. The van der Waals surface area contributed by atoms with Crippen LogP contribution >= 0.6 is 0 Å². The van der Waals surface area contributed by atoms with Crippen molar-refractivity contribution in [3.05, 3.63) is 29.8 Å². The number of hydrazine groups is 1. The zero-order valence-electron chi connectivity index (χ0n) is 10.1. The van der Waals surface area contributed by atoms with E-state index < -0.39 is 0 Å². The van der Waals surface area contributed by atoms with Gasteiger partial charge in [-0.2, -0.15) is 5.26 Å². The number of nitrogens with zero attached hydrogens (tertiary/aromatic N) is 2. The van der Waals surface area contributed by atoms with Crippen LogP contribution in [-0.4, -0.2) is 23.4 Å². The van der Waals surface area contributed by atoms with Gasteiger partial charge in [0.2, 0.25) is 0 Å². The van der Waals surface area contributed by atoms with Crippen LogP contribution in [0, 0.1) is 11.3 Å². The minimum Gasteiger partial charge on any atom is -0.335 e. The summed E-state index contributed by atoms with van der Waals surface area (Å²) < 4.78 is 0. The first-order valence-corrected chi connectivity index (χ1v) is 6.01. The Morgan fingerprint density at radius 1 is 1.44 bits per heavy atom. The molecule has 0 bridgehead atoms. The first-order valence-electron chi connectivity index (χ1n) is 6.01. The number of nitrogens with one attached hydrogen (secondary N) is 1. The van der Waals surface area contributed by atoms with Crippen LogP contribution in [0.5, 0.6) is 0 Å². The molecule has 1 amide bonds. The molecule has 3 N–H and O–H groups in total. The van der Waals surface area contributed by atoms with Gasteiger partial charge in [0.25, 0.3) is 5.91 Å². The molecule has 0 heterocycles. The second-order valence-electron chi connectivity index (χ2n) is 4.36. The van der Waals surface area contributed by atoms with E-state index in [9.17, 15) is 4.79 Å². The minimum absolute atomic E-state index is 0.00341. The number of nitriles is 1. The van der Waals surface area contributed by atoms with Crippen molar-refractivity contribution < 1.29 is 4.79 Å². The molecule has 2 rings (SSSR count). The van der Waals surface area contributed by atoms with Crippen LogP contribution in [0.4, 0.5) is 5.69 Å². The van der Waals surface area contributed by atoms with Crippen molar-refractivity contribution in [2.24, 2.45) is 5.84 Å². The van der Waals surface area contributed by atoms with Gasteiger partial charge in [-0.25, -0.2) is 0 Å². The third kappa shape index (κ3) is 2.79. The Kier molecular flexibility index (Phi) is 3.80. The summed E-state index contributed by atoms with van der Waals surface area (Å²) in [6, 6.07) is 9.43. The summed E-state index contributed by atoms with van der Waals surface area (Å²) in [5.74, 6) is 5.27. The molecular formula is C13H16N4O. The Bertz CT molecular complexity index is 459. The van der Waals surface area contributed by atoms with E-state index >= 15 is 0 Å².